The van der Waals surface area contributed by atoms with Gasteiger partial charge in [-0.25, -0.2) is 9.78 Å². The molecule has 3 aromatic rings. The van der Waals surface area contributed by atoms with Gasteiger partial charge in [-0.1, -0.05) is 0 Å². The second-order valence-electron chi connectivity index (χ2n) is 9.29. The fourth-order valence-electron chi connectivity index (χ4n) is 6.32. The Bertz CT molecular complexity index is 1140. The van der Waals surface area contributed by atoms with E-state index in [2.05, 4.69) is 25.4 Å². The van der Waals surface area contributed by atoms with Gasteiger partial charge in [0.1, 0.15) is 5.65 Å². The van der Waals surface area contributed by atoms with Gasteiger partial charge in [0.2, 0.25) is 0 Å². The van der Waals surface area contributed by atoms with Crippen LogP contribution in [0.15, 0.2) is 23.0 Å². The van der Waals surface area contributed by atoms with Crippen molar-refractivity contribution in [1.29, 1.82) is 0 Å². The highest BCUT2D eigenvalue weighted by atomic mass is 16.5. The highest BCUT2D eigenvalue weighted by Crippen LogP contribution is 2.56. The molecule has 0 aliphatic heterocycles. The second kappa shape index (κ2) is 6.78. The smallest absolute Gasteiger partial charge is 0.379 e. The Morgan fingerprint density at radius 3 is 2.90 bits per heavy atom. The van der Waals surface area contributed by atoms with E-state index in [1.807, 2.05) is 12.3 Å². The molecule has 31 heavy (non-hydrogen) atoms. The minimum atomic E-state index is -0.614. The van der Waals surface area contributed by atoms with Crippen LogP contribution in [0.3, 0.4) is 0 Å². The van der Waals surface area contributed by atoms with E-state index in [4.69, 9.17) is 9.26 Å². The van der Waals surface area contributed by atoms with Crippen LogP contribution in [0.4, 0.5) is 5.69 Å². The van der Waals surface area contributed by atoms with Crippen molar-refractivity contribution < 1.29 is 19.2 Å². The van der Waals surface area contributed by atoms with Gasteiger partial charge in [0.25, 0.3) is 11.7 Å². The van der Waals surface area contributed by atoms with Crippen LogP contribution >= 0.6 is 0 Å². The molecular formula is C22H25N5O4. The number of aromatic amines is 1. The number of carbonyl (C=O) groups excluding carboxylic acids is 1. The van der Waals surface area contributed by atoms with Gasteiger partial charge in [-0.15, -0.1) is 0 Å². The maximum atomic E-state index is 12.0. The summed E-state index contributed by atoms with van der Waals surface area (Å²) in [5, 5.41) is 19.4. The Morgan fingerprint density at radius 1 is 1.35 bits per heavy atom. The molecule has 0 radical (unpaired) electrons. The zero-order valence-electron chi connectivity index (χ0n) is 17.3. The molecule has 4 aliphatic rings. The minimum absolute atomic E-state index is 0.103. The number of aromatic nitrogens is 4. The first-order valence-corrected chi connectivity index (χ1v) is 11.0. The van der Waals surface area contributed by atoms with E-state index in [1.165, 1.54) is 0 Å². The first-order chi connectivity index (χ1) is 15.0. The molecule has 4 aliphatic carbocycles. The summed E-state index contributed by atoms with van der Waals surface area (Å²) >= 11 is 0. The standard InChI is InChI=1S/C22H25N5O4/c1-2-30-21(28)19-26-20(31-27-19)15-10-24-18-14(3-4-23-18)17(15)25-16-12-5-11-6-13(16)9-22(29,7-11)8-12/h3-4,10-13,16,29H,2,5-9H2,1H3,(H2,23,24,25)/t11?,12-,13+,16+,22-. The van der Waals surface area contributed by atoms with Crippen molar-refractivity contribution in [3.8, 4) is 11.5 Å². The van der Waals surface area contributed by atoms with E-state index in [0.29, 0.717) is 23.3 Å². The number of aliphatic hydroxyl groups is 1. The number of carbonyl (C=O) groups is 1. The first kappa shape index (κ1) is 18.8. The third kappa shape index (κ3) is 3.02. The van der Waals surface area contributed by atoms with Gasteiger partial charge in [-0.3, -0.25) is 0 Å². The predicted octanol–water partition coefficient (Wildman–Crippen LogP) is 3.14. The van der Waals surface area contributed by atoms with Crippen molar-refractivity contribution in [1.82, 2.24) is 20.1 Å². The van der Waals surface area contributed by atoms with E-state index in [-0.39, 0.29) is 24.4 Å². The number of rotatable bonds is 5. The molecule has 162 valence electrons. The van der Waals surface area contributed by atoms with Crippen LogP contribution in [0.25, 0.3) is 22.5 Å². The number of ether oxygens (including phenoxy) is 1. The predicted molar refractivity (Wildman–Crippen MR) is 111 cm³/mol. The molecule has 0 aromatic carbocycles. The number of fused-ring (bicyclic) bond motifs is 1. The van der Waals surface area contributed by atoms with E-state index >= 15 is 0 Å². The molecule has 3 heterocycles. The number of anilines is 1. The molecule has 1 unspecified atom stereocenters. The van der Waals surface area contributed by atoms with Crippen molar-refractivity contribution in [3.63, 3.8) is 0 Å². The monoisotopic (exact) mass is 423 g/mol. The van der Waals surface area contributed by atoms with Crippen molar-refractivity contribution in [2.45, 2.75) is 50.7 Å². The second-order valence-corrected chi connectivity index (χ2v) is 9.29. The number of pyridine rings is 1. The van der Waals surface area contributed by atoms with E-state index in [1.54, 1.807) is 13.1 Å². The van der Waals surface area contributed by atoms with Gasteiger partial charge in [0, 0.05) is 23.8 Å². The molecule has 0 amide bonds. The number of H-pyrrole nitrogens is 1. The van der Waals surface area contributed by atoms with Crippen LogP contribution in [0.5, 0.6) is 0 Å². The summed E-state index contributed by atoms with van der Waals surface area (Å²) in [4.78, 5) is 23.9. The van der Waals surface area contributed by atoms with E-state index in [0.717, 1.165) is 48.8 Å². The molecule has 4 bridgehead atoms. The fraction of sp³-hybridized carbons (Fsp3) is 0.545. The summed E-state index contributed by atoms with van der Waals surface area (Å²) in [6, 6.07) is 2.24. The summed E-state index contributed by atoms with van der Waals surface area (Å²) in [5.74, 6) is 1.01. The number of hydrogen-bond donors (Lipinski definition) is 3. The van der Waals surface area contributed by atoms with Gasteiger partial charge < -0.3 is 24.7 Å². The average Bonchev–Trinajstić information content (AvgIpc) is 3.39. The Kier molecular flexibility index (Phi) is 4.11. The maximum Gasteiger partial charge on any atom is 0.379 e. The highest BCUT2D eigenvalue weighted by Gasteiger charge is 2.54. The largest absolute Gasteiger partial charge is 0.460 e. The first-order valence-electron chi connectivity index (χ1n) is 11.0. The zero-order valence-corrected chi connectivity index (χ0v) is 17.3. The quantitative estimate of drug-likeness (QED) is 0.534. The number of nitrogens with one attached hydrogen (secondary N) is 2. The van der Waals surface area contributed by atoms with Gasteiger partial charge in [0.15, 0.2) is 0 Å². The molecule has 9 nitrogen and oxygen atoms in total. The number of nitrogens with zero attached hydrogens (tertiary/aromatic N) is 3. The van der Waals surface area contributed by atoms with E-state index < -0.39 is 11.6 Å². The number of hydrogen-bond acceptors (Lipinski definition) is 8. The molecule has 0 spiro atoms. The molecule has 4 fully saturated rings. The summed E-state index contributed by atoms with van der Waals surface area (Å²) in [6.45, 7) is 1.97. The lowest BCUT2D eigenvalue weighted by molar-refractivity contribution is -0.129. The lowest BCUT2D eigenvalue weighted by Gasteiger charge is -2.58. The Balaban J connectivity index is 1.38. The molecule has 9 heteroatoms. The zero-order chi connectivity index (χ0) is 21.2. The van der Waals surface area contributed by atoms with Gasteiger partial charge in [-0.05, 0) is 68.0 Å². The summed E-state index contributed by atoms with van der Waals surface area (Å²) in [6.07, 6.45) is 8.50. The van der Waals surface area contributed by atoms with Gasteiger partial charge in [0.05, 0.1) is 23.5 Å². The molecule has 5 atom stereocenters. The fourth-order valence-corrected chi connectivity index (χ4v) is 6.32. The summed E-state index contributed by atoms with van der Waals surface area (Å²) in [7, 11) is 0. The van der Waals surface area contributed by atoms with Crippen molar-refractivity contribution in [3.05, 3.63) is 24.3 Å². The van der Waals surface area contributed by atoms with Crippen LogP contribution in [-0.4, -0.2) is 49.4 Å². The van der Waals surface area contributed by atoms with Crippen molar-refractivity contribution in [2.24, 2.45) is 17.8 Å². The summed E-state index contributed by atoms with van der Waals surface area (Å²) in [5.41, 5.74) is 1.80. The van der Waals surface area contributed by atoms with Crippen molar-refractivity contribution >= 4 is 22.7 Å². The molecule has 3 N–H and O–H groups in total. The van der Waals surface area contributed by atoms with E-state index in [9.17, 15) is 9.90 Å². The van der Waals surface area contributed by atoms with Gasteiger partial charge in [-0.2, -0.15) is 4.98 Å². The van der Waals surface area contributed by atoms with Crippen LogP contribution in [-0.2, 0) is 4.74 Å². The highest BCUT2D eigenvalue weighted by molar-refractivity contribution is 5.97. The molecular weight excluding hydrogens is 398 g/mol. The Hall–Kier alpha value is -2.94. The normalized spacial score (nSPS) is 31.3. The lowest BCUT2D eigenvalue weighted by Crippen LogP contribution is -2.59. The van der Waals surface area contributed by atoms with Crippen LogP contribution < -0.4 is 5.32 Å². The topological polar surface area (TPSA) is 126 Å². The Labute approximate surface area is 178 Å². The maximum absolute atomic E-state index is 12.0. The molecule has 0 saturated heterocycles. The third-order valence-corrected chi connectivity index (χ3v) is 7.25. The lowest BCUT2D eigenvalue weighted by atomic mass is 9.52. The van der Waals surface area contributed by atoms with Crippen LogP contribution in [0.1, 0.15) is 49.6 Å². The molecule has 4 saturated carbocycles. The molecule has 3 aromatic heterocycles. The van der Waals surface area contributed by atoms with Crippen molar-refractivity contribution in [2.75, 3.05) is 11.9 Å². The number of esters is 1. The minimum Gasteiger partial charge on any atom is -0.460 e. The van der Waals surface area contributed by atoms with Gasteiger partial charge >= 0.3 is 5.97 Å². The van der Waals surface area contributed by atoms with Crippen LogP contribution in [0, 0.1) is 17.8 Å². The summed E-state index contributed by atoms with van der Waals surface area (Å²) < 4.78 is 10.4. The average molecular weight is 423 g/mol. The third-order valence-electron chi connectivity index (χ3n) is 7.25. The SMILES string of the molecule is CCOC(=O)c1noc(-c2cnc3[nH]ccc3c2N[C@H]2[C@@H]3CC4C[C@H]2C[C@@](O)(C4)C3)n1. The molecule has 7 rings (SSSR count). The van der Waals surface area contributed by atoms with Crippen LogP contribution in [0.2, 0.25) is 0 Å². The Morgan fingerprint density at radius 2 is 2.16 bits per heavy atom.